The average Bonchev–Trinajstić information content (AvgIpc) is 3.45. The van der Waals surface area contributed by atoms with E-state index < -0.39 is 4.92 Å². The Morgan fingerprint density at radius 1 is 1.25 bits per heavy atom. The predicted molar refractivity (Wildman–Crippen MR) is 102 cm³/mol. The molecule has 0 aliphatic rings. The van der Waals surface area contributed by atoms with Crippen LogP contribution in [0.2, 0.25) is 0 Å². The van der Waals surface area contributed by atoms with Crippen LogP contribution in [0, 0.1) is 10.1 Å². The summed E-state index contributed by atoms with van der Waals surface area (Å²) in [6.07, 6.45) is 0. The first kappa shape index (κ1) is 18.3. The molecule has 0 spiro atoms. The highest BCUT2D eigenvalue weighted by atomic mass is 32.2. The number of benzene rings is 1. The third-order valence-corrected chi connectivity index (χ3v) is 5.70. The van der Waals surface area contributed by atoms with Crippen molar-refractivity contribution in [2.45, 2.75) is 23.9 Å². The molecule has 0 radical (unpaired) electrons. The Balaban J connectivity index is 1.47. The van der Waals surface area contributed by atoms with Crippen molar-refractivity contribution in [1.29, 1.82) is 0 Å². The number of rotatable bonds is 7. The van der Waals surface area contributed by atoms with Gasteiger partial charge in [0.25, 0.3) is 5.69 Å². The lowest BCUT2D eigenvalue weighted by Crippen LogP contribution is -2.03. The maximum Gasteiger partial charge on any atom is 0.269 e. The second-order valence-electron chi connectivity index (χ2n) is 5.71. The van der Waals surface area contributed by atoms with Crippen LogP contribution in [0.25, 0.3) is 11.5 Å². The molecule has 4 aromatic rings. The van der Waals surface area contributed by atoms with Gasteiger partial charge in [-0.05, 0) is 40.9 Å². The van der Waals surface area contributed by atoms with Crippen molar-refractivity contribution in [3.05, 3.63) is 62.7 Å². The summed E-state index contributed by atoms with van der Waals surface area (Å²) in [7, 11) is 0. The van der Waals surface area contributed by atoms with Crippen molar-refractivity contribution in [3.63, 3.8) is 0 Å². The third kappa shape index (κ3) is 3.92. The van der Waals surface area contributed by atoms with Gasteiger partial charge >= 0.3 is 0 Å². The van der Waals surface area contributed by atoms with Gasteiger partial charge in [0.1, 0.15) is 0 Å². The third-order valence-electron chi connectivity index (χ3n) is 3.78. The van der Waals surface area contributed by atoms with Gasteiger partial charge in [-0.25, -0.2) is 4.68 Å². The van der Waals surface area contributed by atoms with Crippen LogP contribution >= 0.6 is 23.1 Å². The minimum Gasteiger partial charge on any atom is -0.419 e. The zero-order chi connectivity index (χ0) is 19.5. The molecule has 3 aromatic heterocycles. The summed E-state index contributed by atoms with van der Waals surface area (Å²) in [5.74, 6) is 0.722. The van der Waals surface area contributed by atoms with Crippen LogP contribution in [0.4, 0.5) is 5.69 Å². The predicted octanol–water partition coefficient (Wildman–Crippen LogP) is 3.59. The highest BCUT2D eigenvalue weighted by Gasteiger charge is 2.20. The molecule has 1 atom stereocenters. The molecule has 0 fully saturated rings. The molecule has 142 valence electrons. The Hall–Kier alpha value is -3.12. The molecule has 3 heterocycles. The summed E-state index contributed by atoms with van der Waals surface area (Å²) < 4.78 is 7.46. The van der Waals surface area contributed by atoms with Gasteiger partial charge in [0.15, 0.2) is 0 Å². The molecule has 4 rings (SSSR count). The first-order chi connectivity index (χ1) is 13.6. The summed E-state index contributed by atoms with van der Waals surface area (Å²) in [4.78, 5) is 11.5. The Labute approximate surface area is 166 Å². The highest BCUT2D eigenvalue weighted by Crippen LogP contribution is 2.34. The van der Waals surface area contributed by atoms with E-state index in [0.29, 0.717) is 29.0 Å². The van der Waals surface area contributed by atoms with E-state index in [-0.39, 0.29) is 10.9 Å². The summed E-state index contributed by atoms with van der Waals surface area (Å²) >= 11 is 3.05. The summed E-state index contributed by atoms with van der Waals surface area (Å²) in [6, 6.07) is 9.96. The second kappa shape index (κ2) is 7.86. The van der Waals surface area contributed by atoms with E-state index in [1.807, 2.05) is 24.4 Å². The Bertz CT molecular complexity index is 1080. The summed E-state index contributed by atoms with van der Waals surface area (Å²) in [5, 5.41) is 33.2. The molecule has 1 aromatic carbocycles. The number of nitrogens with zero attached hydrogens (tertiary/aromatic N) is 7. The van der Waals surface area contributed by atoms with Gasteiger partial charge < -0.3 is 4.42 Å². The minimum atomic E-state index is -0.456. The zero-order valence-corrected chi connectivity index (χ0v) is 16.1. The number of nitro benzene ring substituents is 1. The van der Waals surface area contributed by atoms with E-state index in [9.17, 15) is 10.1 Å². The van der Waals surface area contributed by atoms with Crippen LogP contribution < -0.4 is 0 Å². The number of hydrogen-bond acceptors (Lipinski definition) is 10. The molecule has 28 heavy (non-hydrogen) atoms. The normalized spacial score (nSPS) is 12.2. The van der Waals surface area contributed by atoms with E-state index in [2.05, 4.69) is 25.7 Å². The summed E-state index contributed by atoms with van der Waals surface area (Å²) in [6.45, 7) is 2.51. The molecule has 10 nitrogen and oxygen atoms in total. The van der Waals surface area contributed by atoms with Crippen LogP contribution in [0.3, 0.4) is 0 Å². The van der Waals surface area contributed by atoms with E-state index >= 15 is 0 Å². The second-order valence-corrected chi connectivity index (χ2v) is 8.05. The van der Waals surface area contributed by atoms with Crippen molar-refractivity contribution in [2.75, 3.05) is 0 Å². The first-order valence-electron chi connectivity index (χ1n) is 8.13. The topological polar surface area (TPSA) is 126 Å². The number of thioether (sulfide) groups is 1. The van der Waals surface area contributed by atoms with Crippen molar-refractivity contribution in [1.82, 2.24) is 30.4 Å². The number of aromatic nitrogens is 6. The zero-order valence-electron chi connectivity index (χ0n) is 14.5. The number of non-ortho nitro benzene ring substituents is 1. The summed E-state index contributed by atoms with van der Waals surface area (Å²) in [5.41, 5.74) is 0.620. The van der Waals surface area contributed by atoms with Crippen LogP contribution in [-0.2, 0) is 6.54 Å². The minimum absolute atomic E-state index is 0.00462. The lowest BCUT2D eigenvalue weighted by atomic mass is 10.2. The molecule has 1 unspecified atom stereocenters. The van der Waals surface area contributed by atoms with Gasteiger partial charge in [-0.1, -0.05) is 17.8 Å². The number of thiophene rings is 1. The van der Waals surface area contributed by atoms with Crippen molar-refractivity contribution in [2.24, 2.45) is 0 Å². The van der Waals surface area contributed by atoms with E-state index in [0.717, 1.165) is 4.88 Å². The fourth-order valence-electron chi connectivity index (χ4n) is 2.38. The molecule has 12 heteroatoms. The average molecular weight is 415 g/mol. The molecule has 0 bridgehead atoms. The highest BCUT2D eigenvalue weighted by molar-refractivity contribution is 7.99. The lowest BCUT2D eigenvalue weighted by molar-refractivity contribution is -0.384. The maximum absolute atomic E-state index is 10.8. The van der Waals surface area contributed by atoms with Crippen LogP contribution in [-0.4, -0.2) is 35.3 Å². The van der Waals surface area contributed by atoms with Crippen LogP contribution in [0.15, 0.2) is 51.4 Å². The Kier molecular flexibility index (Phi) is 5.12. The molecule has 0 aliphatic carbocycles. The molecule has 0 saturated heterocycles. The molecule has 0 amide bonds. The van der Waals surface area contributed by atoms with Gasteiger partial charge in [0.05, 0.1) is 16.7 Å². The smallest absolute Gasteiger partial charge is 0.269 e. The van der Waals surface area contributed by atoms with Gasteiger partial charge in [0.2, 0.25) is 16.9 Å². The van der Waals surface area contributed by atoms with Crippen molar-refractivity contribution < 1.29 is 9.34 Å². The fourth-order valence-corrected chi connectivity index (χ4v) is 3.88. The SMILES string of the molecule is CC(Sc1nnnn1Cc1cccs1)c1nnc(-c2ccc([N+](=O)[O-])cc2)o1. The van der Waals surface area contributed by atoms with Gasteiger partial charge in [-0.2, -0.15) is 0 Å². The fraction of sp³-hybridized carbons (Fsp3) is 0.188. The van der Waals surface area contributed by atoms with E-state index in [4.69, 9.17) is 4.42 Å². The Morgan fingerprint density at radius 2 is 2.07 bits per heavy atom. The quantitative estimate of drug-likeness (QED) is 0.253. The molecular formula is C16H13N7O3S2. The number of nitro groups is 1. The monoisotopic (exact) mass is 415 g/mol. The van der Waals surface area contributed by atoms with Gasteiger partial charge in [-0.15, -0.1) is 26.6 Å². The molecule has 0 saturated carbocycles. The lowest BCUT2D eigenvalue weighted by Gasteiger charge is -2.06. The standard InChI is InChI=1S/C16H13N7O3S2/c1-10(28-16-19-20-21-22(16)9-13-3-2-8-27-13)14-17-18-15(26-14)11-4-6-12(7-5-11)23(24)25/h2-8,10H,9H2,1H3. The molecule has 0 aliphatic heterocycles. The Morgan fingerprint density at radius 3 is 2.79 bits per heavy atom. The van der Waals surface area contributed by atoms with Crippen LogP contribution in [0.5, 0.6) is 0 Å². The number of tetrazole rings is 1. The molecular weight excluding hydrogens is 402 g/mol. The first-order valence-corrected chi connectivity index (χ1v) is 9.89. The largest absolute Gasteiger partial charge is 0.419 e. The van der Waals surface area contributed by atoms with Gasteiger partial charge in [0, 0.05) is 22.6 Å². The maximum atomic E-state index is 10.8. The van der Waals surface area contributed by atoms with E-state index in [1.165, 1.54) is 23.9 Å². The van der Waals surface area contributed by atoms with E-state index in [1.54, 1.807) is 28.2 Å². The van der Waals surface area contributed by atoms with Gasteiger partial charge in [-0.3, -0.25) is 10.1 Å². The van der Waals surface area contributed by atoms with Crippen molar-refractivity contribution in [3.8, 4) is 11.5 Å². The van der Waals surface area contributed by atoms with Crippen LogP contribution in [0.1, 0.15) is 22.9 Å². The van der Waals surface area contributed by atoms with Crippen molar-refractivity contribution >= 4 is 28.8 Å². The number of hydrogen-bond donors (Lipinski definition) is 0. The molecule has 0 N–H and O–H groups in total.